The van der Waals surface area contributed by atoms with E-state index in [0.29, 0.717) is 45.2 Å². The summed E-state index contributed by atoms with van der Waals surface area (Å²) in [5, 5.41) is 6.56. The molecule has 3 heteroatoms. The molecule has 0 aromatic rings. The topological polar surface area (TPSA) is 36.4 Å². The van der Waals surface area contributed by atoms with Gasteiger partial charge in [0, 0.05) is 18.1 Å². The van der Waals surface area contributed by atoms with Gasteiger partial charge in [-0.25, -0.2) is 0 Å². The van der Waals surface area contributed by atoms with E-state index in [1.807, 2.05) is 0 Å². The minimum absolute atomic E-state index is 0.326. The minimum Gasteiger partial charge on any atom is -0.354 e. The number of aliphatic imine (C=N–C) groups is 1. The lowest BCUT2D eigenvalue weighted by Crippen LogP contribution is -2.44. The molecule has 38 heavy (non-hydrogen) atoms. The van der Waals surface area contributed by atoms with Gasteiger partial charge in [0.05, 0.1) is 0 Å². The SMILES string of the molecule is CC(C)(C)C(C)(C)C.CC(C)(C)CC(C)(C)C.CC(C)CC(C)(C)C.CC(C)N=C(NC(C)C)NC(C)C. The first-order valence-electron chi connectivity index (χ1n) is 15.4. The summed E-state index contributed by atoms with van der Waals surface area (Å²) in [5.41, 5.74) is 2.37. The summed E-state index contributed by atoms with van der Waals surface area (Å²) in [6.45, 7) is 51.3. The van der Waals surface area contributed by atoms with Crippen molar-refractivity contribution in [2.24, 2.45) is 38.0 Å². The Labute approximate surface area is 244 Å². The van der Waals surface area contributed by atoms with Crippen molar-refractivity contribution >= 4 is 5.96 Å². The number of hydrogen-bond acceptors (Lipinski definition) is 1. The van der Waals surface area contributed by atoms with Crippen LogP contribution in [0, 0.1) is 33.0 Å². The van der Waals surface area contributed by atoms with E-state index in [1.165, 1.54) is 12.8 Å². The molecular formula is C35H79N3. The van der Waals surface area contributed by atoms with Crippen molar-refractivity contribution in [2.45, 2.75) is 190 Å². The fourth-order valence-electron chi connectivity index (χ4n) is 3.74. The highest BCUT2D eigenvalue weighted by Crippen LogP contribution is 2.36. The van der Waals surface area contributed by atoms with Gasteiger partial charge in [-0.05, 0) is 87.4 Å². The van der Waals surface area contributed by atoms with Crippen molar-refractivity contribution in [1.82, 2.24) is 10.6 Å². The van der Waals surface area contributed by atoms with Crippen LogP contribution in [0.2, 0.25) is 0 Å². The van der Waals surface area contributed by atoms with Crippen molar-refractivity contribution in [3.05, 3.63) is 0 Å². The maximum atomic E-state index is 4.45. The van der Waals surface area contributed by atoms with Crippen LogP contribution in [0.15, 0.2) is 4.99 Å². The Morgan fingerprint density at radius 2 is 0.789 bits per heavy atom. The van der Waals surface area contributed by atoms with Crippen molar-refractivity contribution in [3.8, 4) is 0 Å². The molecule has 0 spiro atoms. The van der Waals surface area contributed by atoms with Gasteiger partial charge >= 0.3 is 0 Å². The van der Waals surface area contributed by atoms with E-state index in [4.69, 9.17) is 0 Å². The van der Waals surface area contributed by atoms with Gasteiger partial charge < -0.3 is 10.6 Å². The summed E-state index contributed by atoms with van der Waals surface area (Å²) in [6, 6.07) is 1.17. The maximum Gasteiger partial charge on any atom is 0.191 e. The molecule has 0 radical (unpaired) electrons. The number of nitrogens with zero attached hydrogens (tertiary/aromatic N) is 1. The van der Waals surface area contributed by atoms with Crippen LogP contribution in [0.4, 0.5) is 0 Å². The number of guanidine groups is 1. The van der Waals surface area contributed by atoms with Gasteiger partial charge in [0.15, 0.2) is 5.96 Å². The molecular weight excluding hydrogens is 462 g/mol. The quantitative estimate of drug-likeness (QED) is 0.274. The third kappa shape index (κ3) is 42.4. The lowest BCUT2D eigenvalue weighted by Gasteiger charge is -2.34. The average Bonchev–Trinajstić information content (AvgIpc) is 2.45. The summed E-state index contributed by atoms with van der Waals surface area (Å²) in [4.78, 5) is 4.45. The van der Waals surface area contributed by atoms with E-state index in [0.717, 1.165) is 11.9 Å². The summed E-state index contributed by atoms with van der Waals surface area (Å²) in [7, 11) is 0. The van der Waals surface area contributed by atoms with Crippen molar-refractivity contribution < 1.29 is 0 Å². The Hall–Kier alpha value is -0.730. The van der Waals surface area contributed by atoms with Gasteiger partial charge in [-0.3, -0.25) is 4.99 Å². The highest BCUT2D eigenvalue weighted by Gasteiger charge is 2.26. The van der Waals surface area contributed by atoms with E-state index < -0.39 is 0 Å². The molecule has 0 aliphatic carbocycles. The van der Waals surface area contributed by atoms with Crippen molar-refractivity contribution in [2.75, 3.05) is 0 Å². The number of rotatable bonds is 4. The molecule has 0 fully saturated rings. The van der Waals surface area contributed by atoms with E-state index in [-0.39, 0.29) is 0 Å². The smallest absolute Gasteiger partial charge is 0.191 e. The van der Waals surface area contributed by atoms with Gasteiger partial charge in [-0.1, -0.05) is 118 Å². The Balaban J connectivity index is -0.000000208. The summed E-state index contributed by atoms with van der Waals surface area (Å²) in [6.07, 6.45) is 2.62. The summed E-state index contributed by atoms with van der Waals surface area (Å²) in [5.74, 6) is 1.75. The molecule has 0 aromatic carbocycles. The molecule has 0 aliphatic rings. The second kappa shape index (κ2) is 18.6. The standard InChI is InChI=1S/C10H23N3.C9H20.2C8H18/c1-7(2)11-10(12-8(3)4)13-9(5)6;1-8(2,3)7-9(4,5)6;1-7(2)6-8(3,4)5;1-7(2,3)8(4,5)6/h7-9H,1-6H3,(H2,11,12,13);7H2,1-6H3;7H,6H2,1-5H3;1-6H3. The largest absolute Gasteiger partial charge is 0.354 e. The van der Waals surface area contributed by atoms with Crippen LogP contribution in [0.3, 0.4) is 0 Å². The Morgan fingerprint density at radius 3 is 0.868 bits per heavy atom. The van der Waals surface area contributed by atoms with E-state index in [1.54, 1.807) is 0 Å². The van der Waals surface area contributed by atoms with Crippen LogP contribution in [0.25, 0.3) is 0 Å². The van der Waals surface area contributed by atoms with Crippen LogP contribution >= 0.6 is 0 Å². The fourth-order valence-corrected chi connectivity index (χ4v) is 3.74. The zero-order valence-electron chi connectivity index (χ0n) is 31.2. The third-order valence-electron chi connectivity index (χ3n) is 5.57. The normalized spacial score (nSPS) is 12.7. The first-order chi connectivity index (χ1) is 16.3. The summed E-state index contributed by atoms with van der Waals surface area (Å²) >= 11 is 0. The average molecular weight is 542 g/mol. The molecule has 234 valence electrons. The highest BCUT2D eigenvalue weighted by atomic mass is 15.2. The lowest BCUT2D eigenvalue weighted by molar-refractivity contribution is 0.157. The van der Waals surface area contributed by atoms with Gasteiger partial charge in [0.1, 0.15) is 0 Å². The zero-order chi connectivity index (χ0) is 31.9. The molecule has 0 aliphatic heterocycles. The second-order valence-corrected chi connectivity index (χ2v) is 18.1. The van der Waals surface area contributed by atoms with Crippen LogP contribution in [-0.2, 0) is 0 Å². The molecule has 3 nitrogen and oxygen atoms in total. The first kappa shape index (κ1) is 44.3. The second-order valence-electron chi connectivity index (χ2n) is 18.1. The zero-order valence-corrected chi connectivity index (χ0v) is 31.2. The Kier molecular flexibility index (Phi) is 21.7. The van der Waals surface area contributed by atoms with Gasteiger partial charge in [0.2, 0.25) is 0 Å². The van der Waals surface area contributed by atoms with Crippen molar-refractivity contribution in [3.63, 3.8) is 0 Å². The molecule has 0 atom stereocenters. The predicted octanol–water partition coefficient (Wildman–Crippen LogP) is 11.4. The molecule has 0 amide bonds. The predicted molar refractivity (Wildman–Crippen MR) is 180 cm³/mol. The molecule has 0 saturated heterocycles. The molecule has 0 bridgehead atoms. The van der Waals surface area contributed by atoms with Crippen LogP contribution in [-0.4, -0.2) is 24.1 Å². The molecule has 0 saturated carbocycles. The highest BCUT2D eigenvalue weighted by molar-refractivity contribution is 5.80. The Morgan fingerprint density at radius 1 is 0.500 bits per heavy atom. The molecule has 0 unspecified atom stereocenters. The lowest BCUT2D eigenvalue weighted by atomic mass is 9.71. The summed E-state index contributed by atoms with van der Waals surface area (Å²) < 4.78 is 0. The van der Waals surface area contributed by atoms with Gasteiger partial charge in [-0.15, -0.1) is 0 Å². The van der Waals surface area contributed by atoms with Gasteiger partial charge in [-0.2, -0.15) is 0 Å². The van der Waals surface area contributed by atoms with Gasteiger partial charge in [0.25, 0.3) is 0 Å². The molecule has 2 N–H and O–H groups in total. The molecule has 0 rings (SSSR count). The van der Waals surface area contributed by atoms with Crippen LogP contribution in [0.1, 0.15) is 172 Å². The number of hydrogen-bond donors (Lipinski definition) is 2. The van der Waals surface area contributed by atoms with Crippen LogP contribution in [0.5, 0.6) is 0 Å². The minimum atomic E-state index is 0.326. The third-order valence-corrected chi connectivity index (χ3v) is 5.57. The Bertz CT molecular complexity index is 539. The number of nitrogens with one attached hydrogen (secondary N) is 2. The molecule has 0 aromatic heterocycles. The first-order valence-corrected chi connectivity index (χ1v) is 15.4. The van der Waals surface area contributed by atoms with E-state index in [2.05, 4.69) is 175 Å². The van der Waals surface area contributed by atoms with E-state index in [9.17, 15) is 0 Å². The van der Waals surface area contributed by atoms with Crippen LogP contribution < -0.4 is 10.6 Å². The van der Waals surface area contributed by atoms with Crippen molar-refractivity contribution in [1.29, 1.82) is 0 Å². The maximum absolute atomic E-state index is 4.45. The monoisotopic (exact) mass is 542 g/mol. The molecule has 0 heterocycles. The van der Waals surface area contributed by atoms with E-state index >= 15 is 0 Å². The fraction of sp³-hybridized carbons (Fsp3) is 0.971.